The van der Waals surface area contributed by atoms with Crippen LogP contribution in [0.25, 0.3) is 0 Å². The Bertz CT molecular complexity index is 607. The number of Topliss-reactive ketones (excluding diaryl/α,β-unsaturated/α-hetero) is 1. The Kier molecular flexibility index (Phi) is 3.99. The highest BCUT2D eigenvalue weighted by Gasteiger charge is 2.52. The van der Waals surface area contributed by atoms with Crippen LogP contribution in [0, 0.1) is 0 Å². The number of aliphatic imine (C=N–C) groups is 1. The van der Waals surface area contributed by atoms with Crippen molar-refractivity contribution in [1.29, 1.82) is 0 Å². The minimum atomic E-state index is -0.949. The van der Waals surface area contributed by atoms with Crippen LogP contribution >= 0.6 is 24.2 Å². The molecule has 1 aromatic rings. The van der Waals surface area contributed by atoms with E-state index < -0.39 is 17.7 Å². The van der Waals surface area contributed by atoms with E-state index in [1.165, 1.54) is 0 Å². The number of ether oxygens (including phenoxy) is 1. The molecule has 0 saturated heterocycles. The molecule has 21 heavy (non-hydrogen) atoms. The van der Waals surface area contributed by atoms with Crippen molar-refractivity contribution in [2.24, 2.45) is 10.7 Å². The normalized spacial score (nSPS) is 29.6. The van der Waals surface area contributed by atoms with Gasteiger partial charge >= 0.3 is 0 Å². The highest BCUT2D eigenvalue weighted by molar-refractivity contribution is 7.80. The summed E-state index contributed by atoms with van der Waals surface area (Å²) in [7, 11) is 0. The third-order valence-corrected chi connectivity index (χ3v) is 4.83. The van der Waals surface area contributed by atoms with Gasteiger partial charge in [0.2, 0.25) is 11.7 Å². The van der Waals surface area contributed by atoms with Crippen molar-refractivity contribution < 1.29 is 9.53 Å². The summed E-state index contributed by atoms with van der Waals surface area (Å²) in [5.41, 5.74) is 5.79. The van der Waals surface area contributed by atoms with Gasteiger partial charge in [-0.2, -0.15) is 12.6 Å². The number of rotatable bonds is 3. The molecule has 0 amide bonds. The Morgan fingerprint density at radius 1 is 1.52 bits per heavy atom. The number of nitrogens with two attached hydrogens (primary N) is 1. The van der Waals surface area contributed by atoms with E-state index >= 15 is 0 Å². The van der Waals surface area contributed by atoms with E-state index in [9.17, 15) is 4.79 Å². The number of fused-ring (bicyclic) bond motifs is 2. The van der Waals surface area contributed by atoms with Crippen LogP contribution in [0.15, 0.2) is 29.3 Å². The van der Waals surface area contributed by atoms with Crippen LogP contribution in [0.3, 0.4) is 0 Å². The quantitative estimate of drug-likeness (QED) is 0.839. The van der Waals surface area contributed by atoms with Crippen LogP contribution < -0.4 is 5.73 Å². The standard InChI is InChI=1S/C15H17ClN2O2S/c16-10-5-2-1-4-9(10)15-7-3-6-12(13(15)19)20-14(18-15)11(17)8-21/h1-2,4-5,11-12,21H,3,6-8,17H2/t11-,12+,15+/m0/s1. The largest absolute Gasteiger partial charge is 0.468 e. The molecule has 2 aliphatic rings. The van der Waals surface area contributed by atoms with Gasteiger partial charge in [0.1, 0.15) is 0 Å². The summed E-state index contributed by atoms with van der Waals surface area (Å²) in [6.07, 6.45) is 1.73. The Balaban J connectivity index is 2.16. The SMILES string of the molecule is N[C@@H](CS)C1=N[C@@]2(c3ccccc3Cl)CCC[C@@H](O1)C2=O. The van der Waals surface area contributed by atoms with Crippen molar-refractivity contribution in [3.8, 4) is 0 Å². The predicted octanol–water partition coefficient (Wildman–Crippen LogP) is 2.34. The van der Waals surface area contributed by atoms with Gasteiger partial charge in [-0.15, -0.1) is 0 Å². The summed E-state index contributed by atoms with van der Waals surface area (Å²) in [5.74, 6) is 0.810. The van der Waals surface area contributed by atoms with Gasteiger partial charge in [-0.25, -0.2) is 4.99 Å². The van der Waals surface area contributed by atoms with Crippen LogP contribution in [0.5, 0.6) is 0 Å². The minimum absolute atomic E-state index is 0.0167. The molecule has 2 N–H and O–H groups in total. The zero-order chi connectivity index (χ0) is 15.0. The van der Waals surface area contributed by atoms with Crippen LogP contribution in [0.4, 0.5) is 0 Å². The van der Waals surface area contributed by atoms with Gasteiger partial charge in [0.05, 0.1) is 6.04 Å². The molecule has 4 nitrogen and oxygen atoms in total. The zero-order valence-corrected chi connectivity index (χ0v) is 13.1. The number of thiol groups is 1. The van der Waals surface area contributed by atoms with Gasteiger partial charge < -0.3 is 10.5 Å². The minimum Gasteiger partial charge on any atom is -0.468 e. The molecule has 1 heterocycles. The van der Waals surface area contributed by atoms with Crippen LogP contribution in [-0.2, 0) is 15.1 Å². The van der Waals surface area contributed by atoms with Crippen molar-refractivity contribution in [1.82, 2.24) is 0 Å². The lowest BCUT2D eigenvalue weighted by molar-refractivity contribution is -0.137. The number of carbonyl (C=O) groups is 1. The first kappa shape index (κ1) is 14.9. The third kappa shape index (κ3) is 2.37. The maximum atomic E-state index is 12.8. The van der Waals surface area contributed by atoms with Gasteiger partial charge in [0, 0.05) is 16.3 Å². The fourth-order valence-corrected chi connectivity index (χ4v) is 3.47. The number of carbonyl (C=O) groups excluding carboxylic acids is 1. The molecule has 1 aliphatic carbocycles. The second-order valence-corrected chi connectivity index (χ2v) is 6.21. The summed E-state index contributed by atoms with van der Waals surface area (Å²) in [6.45, 7) is 0. The van der Waals surface area contributed by atoms with Crippen molar-refractivity contribution in [3.63, 3.8) is 0 Å². The van der Waals surface area contributed by atoms with Gasteiger partial charge in [0.15, 0.2) is 11.6 Å². The Hall–Kier alpha value is -1.04. The van der Waals surface area contributed by atoms with Gasteiger partial charge in [-0.3, -0.25) is 4.79 Å². The molecule has 3 rings (SSSR count). The van der Waals surface area contributed by atoms with Gasteiger partial charge in [-0.05, 0) is 25.3 Å². The predicted molar refractivity (Wildman–Crippen MR) is 86.1 cm³/mol. The van der Waals surface area contributed by atoms with Crippen LogP contribution in [0.2, 0.25) is 5.02 Å². The highest BCUT2D eigenvalue weighted by Crippen LogP contribution is 2.44. The van der Waals surface area contributed by atoms with E-state index in [1.807, 2.05) is 18.2 Å². The number of ketones is 1. The number of hydrogen-bond donors (Lipinski definition) is 2. The van der Waals surface area contributed by atoms with E-state index in [4.69, 9.17) is 22.1 Å². The summed E-state index contributed by atoms with van der Waals surface area (Å²) in [4.78, 5) is 17.4. The molecule has 6 heteroatoms. The van der Waals surface area contributed by atoms with Gasteiger partial charge in [0.25, 0.3) is 0 Å². The molecule has 3 atom stereocenters. The lowest BCUT2D eigenvalue weighted by Gasteiger charge is -2.42. The summed E-state index contributed by atoms with van der Waals surface area (Å²) in [5, 5.41) is 0.552. The highest BCUT2D eigenvalue weighted by atomic mass is 35.5. The first-order valence-corrected chi connectivity index (χ1v) is 8.01. The molecule has 1 fully saturated rings. The first-order valence-electron chi connectivity index (χ1n) is 7.00. The average Bonchev–Trinajstić information content (AvgIpc) is 2.47. The lowest BCUT2D eigenvalue weighted by Crippen LogP contribution is -2.54. The molecule has 1 saturated carbocycles. The van der Waals surface area contributed by atoms with E-state index in [0.29, 0.717) is 29.5 Å². The molecule has 0 aromatic heterocycles. The first-order chi connectivity index (χ1) is 10.1. The molecule has 0 radical (unpaired) electrons. The van der Waals surface area contributed by atoms with E-state index in [0.717, 1.165) is 12.0 Å². The van der Waals surface area contributed by atoms with Gasteiger partial charge in [-0.1, -0.05) is 29.8 Å². The van der Waals surface area contributed by atoms with Crippen molar-refractivity contribution in [2.75, 3.05) is 5.75 Å². The fraction of sp³-hybridized carbons (Fsp3) is 0.467. The second-order valence-electron chi connectivity index (χ2n) is 5.44. The summed E-state index contributed by atoms with van der Waals surface area (Å²) >= 11 is 10.5. The van der Waals surface area contributed by atoms with Crippen molar-refractivity contribution >= 4 is 35.9 Å². The number of nitrogens with zero attached hydrogens (tertiary/aromatic N) is 1. The lowest BCUT2D eigenvalue weighted by atomic mass is 9.74. The number of hydrogen-bond acceptors (Lipinski definition) is 5. The zero-order valence-electron chi connectivity index (χ0n) is 11.5. The maximum Gasteiger partial charge on any atom is 0.205 e. The third-order valence-electron chi connectivity index (χ3n) is 4.10. The average molecular weight is 325 g/mol. The van der Waals surface area contributed by atoms with E-state index in [2.05, 4.69) is 17.6 Å². The molecule has 112 valence electrons. The van der Waals surface area contributed by atoms with E-state index in [-0.39, 0.29) is 5.78 Å². The molecular weight excluding hydrogens is 308 g/mol. The molecule has 0 spiro atoms. The van der Waals surface area contributed by atoms with E-state index in [1.54, 1.807) is 6.07 Å². The van der Waals surface area contributed by atoms with Crippen molar-refractivity contribution in [2.45, 2.75) is 36.9 Å². The molecule has 1 aliphatic heterocycles. The topological polar surface area (TPSA) is 64.7 Å². The van der Waals surface area contributed by atoms with Crippen LogP contribution in [0.1, 0.15) is 24.8 Å². The second kappa shape index (κ2) is 5.63. The number of benzene rings is 1. The summed E-state index contributed by atoms with van der Waals surface area (Å²) < 4.78 is 5.69. The van der Waals surface area contributed by atoms with Crippen molar-refractivity contribution in [3.05, 3.63) is 34.9 Å². The Morgan fingerprint density at radius 3 is 3.00 bits per heavy atom. The molecule has 0 unspecified atom stereocenters. The maximum absolute atomic E-state index is 12.8. The molecule has 1 aromatic carbocycles. The smallest absolute Gasteiger partial charge is 0.205 e. The summed E-state index contributed by atoms with van der Waals surface area (Å²) in [6, 6.07) is 6.95. The Morgan fingerprint density at radius 2 is 2.29 bits per heavy atom. The molecule has 2 bridgehead atoms. The molecular formula is C15H17ClN2O2S. The van der Waals surface area contributed by atoms with Crippen LogP contribution in [-0.4, -0.2) is 29.6 Å². The fourth-order valence-electron chi connectivity index (χ4n) is 3.02. The number of halogens is 1. The Labute approximate surface area is 134 Å². The monoisotopic (exact) mass is 324 g/mol.